The van der Waals surface area contributed by atoms with Crippen LogP contribution in [0.15, 0.2) is 16.7 Å². The molecule has 0 aromatic carbocycles. The van der Waals surface area contributed by atoms with Crippen molar-refractivity contribution in [1.29, 1.82) is 0 Å². The fraction of sp³-hybridized carbons (Fsp3) is 0.545. The van der Waals surface area contributed by atoms with E-state index in [1.54, 1.807) is 12.3 Å². The Kier molecular flexibility index (Phi) is 4.05. The van der Waals surface area contributed by atoms with Gasteiger partial charge < -0.3 is 9.64 Å². The molecule has 0 radical (unpaired) electrons. The van der Waals surface area contributed by atoms with Crippen molar-refractivity contribution in [1.82, 2.24) is 9.88 Å². The van der Waals surface area contributed by atoms with E-state index in [1.165, 1.54) is 12.8 Å². The molecule has 1 heterocycles. The van der Waals surface area contributed by atoms with Crippen LogP contribution in [0.2, 0.25) is 5.02 Å². The Labute approximate surface area is 109 Å². The molecule has 1 aliphatic carbocycles. The fourth-order valence-electron chi connectivity index (χ4n) is 1.49. The van der Waals surface area contributed by atoms with Crippen molar-refractivity contribution >= 4 is 27.5 Å². The van der Waals surface area contributed by atoms with Crippen LogP contribution in [0, 0.1) is 0 Å². The largest absolute Gasteiger partial charge is 0.476 e. The third-order valence-electron chi connectivity index (χ3n) is 2.63. The predicted molar refractivity (Wildman–Crippen MR) is 68.1 cm³/mol. The van der Waals surface area contributed by atoms with Gasteiger partial charge in [0.2, 0.25) is 5.88 Å². The van der Waals surface area contributed by atoms with Gasteiger partial charge in [0.1, 0.15) is 6.61 Å². The summed E-state index contributed by atoms with van der Waals surface area (Å²) in [7, 11) is 2.13. The Morgan fingerprint density at radius 2 is 2.38 bits per heavy atom. The quantitative estimate of drug-likeness (QED) is 0.836. The molecule has 88 valence electrons. The number of likely N-dealkylation sites (N-methyl/N-ethyl adjacent to an activating group) is 1. The average Bonchev–Trinajstić information content (AvgIpc) is 3.04. The molecule has 16 heavy (non-hydrogen) atoms. The van der Waals surface area contributed by atoms with Gasteiger partial charge in [-0.3, -0.25) is 0 Å². The van der Waals surface area contributed by atoms with E-state index >= 15 is 0 Å². The number of aromatic nitrogens is 1. The first-order valence-corrected chi connectivity index (χ1v) is 6.48. The minimum absolute atomic E-state index is 0.605. The maximum Gasteiger partial charge on any atom is 0.228 e. The van der Waals surface area contributed by atoms with E-state index in [-0.39, 0.29) is 0 Å². The van der Waals surface area contributed by atoms with Gasteiger partial charge in [-0.05, 0) is 41.9 Å². The first-order valence-electron chi connectivity index (χ1n) is 5.31. The summed E-state index contributed by atoms with van der Waals surface area (Å²) in [6.45, 7) is 1.58. The van der Waals surface area contributed by atoms with Crippen molar-refractivity contribution in [2.24, 2.45) is 0 Å². The molecule has 0 spiro atoms. The minimum atomic E-state index is 0.605. The molecule has 0 atom stereocenters. The van der Waals surface area contributed by atoms with Gasteiger partial charge in [-0.1, -0.05) is 11.6 Å². The highest BCUT2D eigenvalue weighted by atomic mass is 79.9. The molecule has 5 heteroatoms. The number of hydrogen-bond donors (Lipinski definition) is 0. The van der Waals surface area contributed by atoms with Crippen LogP contribution < -0.4 is 4.74 Å². The summed E-state index contributed by atoms with van der Waals surface area (Å²) in [4.78, 5) is 6.44. The number of halogens is 2. The molecular weight excluding hydrogens is 291 g/mol. The maximum absolute atomic E-state index is 5.79. The standard InChI is InChI=1S/C11H14BrClN2O/c1-15(9-2-3-9)4-5-16-11-10(12)6-8(13)7-14-11/h6-7,9H,2-5H2,1H3. The van der Waals surface area contributed by atoms with Gasteiger partial charge in [0.25, 0.3) is 0 Å². The lowest BCUT2D eigenvalue weighted by atomic mass is 10.5. The van der Waals surface area contributed by atoms with Gasteiger partial charge in [0.05, 0.1) is 9.50 Å². The fourth-order valence-corrected chi connectivity index (χ4v) is 2.25. The second-order valence-electron chi connectivity index (χ2n) is 4.00. The highest BCUT2D eigenvalue weighted by Crippen LogP contribution is 2.26. The molecule has 1 aromatic heterocycles. The number of ether oxygens (including phenoxy) is 1. The van der Waals surface area contributed by atoms with E-state index in [2.05, 4.69) is 32.9 Å². The molecule has 1 aromatic rings. The zero-order valence-electron chi connectivity index (χ0n) is 9.12. The zero-order valence-corrected chi connectivity index (χ0v) is 11.5. The normalized spacial score (nSPS) is 15.5. The summed E-state index contributed by atoms with van der Waals surface area (Å²) >= 11 is 9.17. The van der Waals surface area contributed by atoms with Crippen molar-refractivity contribution in [2.45, 2.75) is 18.9 Å². The Hall–Kier alpha value is -0.320. The lowest BCUT2D eigenvalue weighted by molar-refractivity contribution is 0.225. The summed E-state index contributed by atoms with van der Waals surface area (Å²) in [5.41, 5.74) is 0. The van der Waals surface area contributed by atoms with Crippen molar-refractivity contribution in [3.8, 4) is 5.88 Å². The molecule has 0 bridgehead atoms. The van der Waals surface area contributed by atoms with Crippen LogP contribution >= 0.6 is 27.5 Å². The first-order chi connectivity index (χ1) is 7.66. The monoisotopic (exact) mass is 304 g/mol. The van der Waals surface area contributed by atoms with Gasteiger partial charge in [0.15, 0.2) is 0 Å². The topological polar surface area (TPSA) is 25.4 Å². The van der Waals surface area contributed by atoms with Crippen molar-refractivity contribution in [2.75, 3.05) is 20.2 Å². The highest BCUT2D eigenvalue weighted by molar-refractivity contribution is 9.10. The zero-order chi connectivity index (χ0) is 11.5. The molecule has 1 fully saturated rings. The van der Waals surface area contributed by atoms with E-state index in [0.29, 0.717) is 17.5 Å². The van der Waals surface area contributed by atoms with E-state index in [0.717, 1.165) is 17.1 Å². The third-order valence-corrected chi connectivity index (χ3v) is 3.40. The molecular formula is C11H14BrClN2O. The molecule has 0 saturated heterocycles. The van der Waals surface area contributed by atoms with Gasteiger partial charge in [-0.25, -0.2) is 4.98 Å². The molecule has 3 nitrogen and oxygen atoms in total. The van der Waals surface area contributed by atoms with Gasteiger partial charge >= 0.3 is 0 Å². The van der Waals surface area contributed by atoms with Crippen molar-refractivity contribution in [3.05, 3.63) is 21.8 Å². The Morgan fingerprint density at radius 3 is 3.00 bits per heavy atom. The second-order valence-corrected chi connectivity index (χ2v) is 5.29. The Bertz CT molecular complexity index is 371. The smallest absolute Gasteiger partial charge is 0.228 e. The van der Waals surface area contributed by atoms with Crippen molar-refractivity contribution < 1.29 is 4.74 Å². The summed E-state index contributed by atoms with van der Waals surface area (Å²) in [5.74, 6) is 0.605. The number of rotatable bonds is 5. The second kappa shape index (κ2) is 5.34. The number of hydrogen-bond acceptors (Lipinski definition) is 3. The average molecular weight is 306 g/mol. The number of nitrogens with zero attached hydrogens (tertiary/aromatic N) is 2. The van der Waals surface area contributed by atoms with Gasteiger partial charge in [-0.15, -0.1) is 0 Å². The predicted octanol–water partition coefficient (Wildman–Crippen LogP) is 2.97. The Morgan fingerprint density at radius 1 is 1.62 bits per heavy atom. The first kappa shape index (κ1) is 12.1. The van der Waals surface area contributed by atoms with E-state index < -0.39 is 0 Å². The highest BCUT2D eigenvalue weighted by Gasteiger charge is 2.25. The van der Waals surface area contributed by atoms with Crippen LogP contribution in [-0.2, 0) is 0 Å². The van der Waals surface area contributed by atoms with Crippen LogP contribution in [0.3, 0.4) is 0 Å². The maximum atomic E-state index is 5.79. The van der Waals surface area contributed by atoms with Gasteiger partial charge in [0, 0.05) is 18.8 Å². The third kappa shape index (κ3) is 3.34. The van der Waals surface area contributed by atoms with Crippen molar-refractivity contribution in [3.63, 3.8) is 0 Å². The minimum Gasteiger partial charge on any atom is -0.476 e. The van der Waals surface area contributed by atoms with Crippen LogP contribution in [0.5, 0.6) is 5.88 Å². The summed E-state index contributed by atoms with van der Waals surface area (Å²) in [6.07, 6.45) is 4.23. The van der Waals surface area contributed by atoms with E-state index in [1.807, 2.05) is 0 Å². The molecule has 0 aliphatic heterocycles. The summed E-state index contributed by atoms with van der Waals surface area (Å²) in [5, 5.41) is 0.606. The molecule has 0 unspecified atom stereocenters. The van der Waals surface area contributed by atoms with Crippen LogP contribution in [0.4, 0.5) is 0 Å². The molecule has 2 rings (SSSR count). The summed E-state index contributed by atoms with van der Waals surface area (Å²) < 4.78 is 6.38. The SMILES string of the molecule is CN(CCOc1ncc(Cl)cc1Br)C1CC1. The van der Waals surface area contributed by atoms with Crippen LogP contribution in [-0.4, -0.2) is 36.1 Å². The molecule has 1 aliphatic rings. The van der Waals surface area contributed by atoms with Gasteiger partial charge in [-0.2, -0.15) is 0 Å². The van der Waals surface area contributed by atoms with Crippen LogP contribution in [0.1, 0.15) is 12.8 Å². The van der Waals surface area contributed by atoms with E-state index in [4.69, 9.17) is 16.3 Å². The molecule has 0 amide bonds. The molecule has 1 saturated carbocycles. The van der Waals surface area contributed by atoms with Crippen LogP contribution in [0.25, 0.3) is 0 Å². The lowest BCUT2D eigenvalue weighted by Gasteiger charge is -2.15. The molecule has 0 N–H and O–H groups in total. The number of pyridine rings is 1. The Balaban J connectivity index is 1.80. The van der Waals surface area contributed by atoms with E-state index in [9.17, 15) is 0 Å². The lowest BCUT2D eigenvalue weighted by Crippen LogP contribution is -2.26. The summed E-state index contributed by atoms with van der Waals surface area (Å²) in [6, 6.07) is 2.55.